The minimum atomic E-state index is 0.667. The van der Waals surface area contributed by atoms with Gasteiger partial charge in [0.05, 0.1) is 0 Å². The van der Waals surface area contributed by atoms with Crippen molar-refractivity contribution in [3.05, 3.63) is 0 Å². The van der Waals surface area contributed by atoms with Gasteiger partial charge in [-0.2, -0.15) is 11.8 Å². The minimum absolute atomic E-state index is 0.667. The zero-order chi connectivity index (χ0) is 12.6. The molecule has 0 aliphatic heterocycles. The van der Waals surface area contributed by atoms with Crippen LogP contribution >= 0.6 is 11.8 Å². The normalized spacial score (nSPS) is 15.8. The second kappa shape index (κ2) is 9.32. The molecule has 16 heavy (non-hydrogen) atoms. The van der Waals surface area contributed by atoms with E-state index in [0.29, 0.717) is 12.1 Å². The summed E-state index contributed by atoms with van der Waals surface area (Å²) in [6.45, 7) is 11.4. The summed E-state index contributed by atoms with van der Waals surface area (Å²) < 4.78 is 0. The molecule has 2 unspecified atom stereocenters. The van der Waals surface area contributed by atoms with Gasteiger partial charge < -0.3 is 5.32 Å². The van der Waals surface area contributed by atoms with Crippen LogP contribution in [0.2, 0.25) is 0 Å². The Labute approximate surface area is 107 Å². The summed E-state index contributed by atoms with van der Waals surface area (Å²) in [4.78, 5) is 2.52. The standard InChI is InChI=1S/C13H30N2S/c1-7-13(9-14-8-11(2)3)15(5)12(4)10-16-6/h11-14H,7-10H2,1-6H3. The molecule has 0 amide bonds. The van der Waals surface area contributed by atoms with Crippen LogP contribution < -0.4 is 5.32 Å². The molecule has 0 spiro atoms. The highest BCUT2D eigenvalue weighted by molar-refractivity contribution is 7.98. The molecule has 0 bridgehead atoms. The maximum absolute atomic E-state index is 3.57. The number of nitrogens with zero attached hydrogens (tertiary/aromatic N) is 1. The van der Waals surface area contributed by atoms with E-state index in [9.17, 15) is 0 Å². The first kappa shape index (κ1) is 16.3. The van der Waals surface area contributed by atoms with E-state index >= 15 is 0 Å². The molecule has 0 heterocycles. The molecule has 2 atom stereocenters. The van der Waals surface area contributed by atoms with Gasteiger partial charge in [0.2, 0.25) is 0 Å². The summed E-state index contributed by atoms with van der Waals surface area (Å²) in [5, 5.41) is 3.57. The smallest absolute Gasteiger partial charge is 0.0218 e. The highest BCUT2D eigenvalue weighted by atomic mass is 32.2. The lowest BCUT2D eigenvalue weighted by molar-refractivity contribution is 0.187. The SMILES string of the molecule is CCC(CNCC(C)C)N(C)C(C)CSC. The molecule has 0 saturated heterocycles. The number of thioether (sulfide) groups is 1. The van der Waals surface area contributed by atoms with E-state index < -0.39 is 0 Å². The van der Waals surface area contributed by atoms with Crippen molar-refractivity contribution in [1.82, 2.24) is 10.2 Å². The van der Waals surface area contributed by atoms with E-state index in [4.69, 9.17) is 0 Å². The number of hydrogen-bond donors (Lipinski definition) is 1. The lowest BCUT2D eigenvalue weighted by atomic mass is 10.1. The molecular weight excluding hydrogens is 216 g/mol. The van der Waals surface area contributed by atoms with Crippen LogP contribution in [-0.2, 0) is 0 Å². The van der Waals surface area contributed by atoms with Crippen molar-refractivity contribution < 1.29 is 0 Å². The van der Waals surface area contributed by atoms with Gasteiger partial charge >= 0.3 is 0 Å². The van der Waals surface area contributed by atoms with Gasteiger partial charge in [0.15, 0.2) is 0 Å². The fraction of sp³-hybridized carbons (Fsp3) is 1.00. The molecule has 0 aliphatic rings. The van der Waals surface area contributed by atoms with Gasteiger partial charge in [-0.3, -0.25) is 4.90 Å². The van der Waals surface area contributed by atoms with Crippen LogP contribution in [0.4, 0.5) is 0 Å². The largest absolute Gasteiger partial charge is 0.315 e. The van der Waals surface area contributed by atoms with Crippen molar-refractivity contribution in [2.45, 2.75) is 46.2 Å². The summed E-state index contributed by atoms with van der Waals surface area (Å²) >= 11 is 1.93. The molecule has 1 N–H and O–H groups in total. The average Bonchev–Trinajstić information content (AvgIpc) is 2.23. The predicted molar refractivity (Wildman–Crippen MR) is 77.4 cm³/mol. The zero-order valence-electron chi connectivity index (χ0n) is 11.9. The predicted octanol–water partition coefficient (Wildman–Crippen LogP) is 2.69. The summed E-state index contributed by atoms with van der Waals surface area (Å²) in [6.07, 6.45) is 3.41. The quantitative estimate of drug-likeness (QED) is 0.673. The first-order chi connectivity index (χ1) is 7.52. The van der Waals surface area contributed by atoms with E-state index in [1.165, 1.54) is 12.2 Å². The van der Waals surface area contributed by atoms with Gasteiger partial charge in [-0.25, -0.2) is 0 Å². The van der Waals surface area contributed by atoms with Crippen molar-refractivity contribution in [2.24, 2.45) is 5.92 Å². The monoisotopic (exact) mass is 246 g/mol. The first-order valence-corrected chi connectivity index (χ1v) is 7.83. The fourth-order valence-electron chi connectivity index (χ4n) is 1.83. The van der Waals surface area contributed by atoms with Crippen LogP contribution in [0.1, 0.15) is 34.1 Å². The molecule has 0 aromatic carbocycles. The highest BCUT2D eigenvalue weighted by Gasteiger charge is 2.17. The average molecular weight is 246 g/mol. The van der Waals surface area contributed by atoms with E-state index in [2.05, 4.69) is 51.2 Å². The molecule has 0 aromatic heterocycles. The third-order valence-electron chi connectivity index (χ3n) is 3.08. The van der Waals surface area contributed by atoms with Gasteiger partial charge in [-0.15, -0.1) is 0 Å². The van der Waals surface area contributed by atoms with E-state index in [1.54, 1.807) is 0 Å². The van der Waals surface area contributed by atoms with Gasteiger partial charge in [-0.1, -0.05) is 20.8 Å². The van der Waals surface area contributed by atoms with Crippen LogP contribution in [0.3, 0.4) is 0 Å². The zero-order valence-corrected chi connectivity index (χ0v) is 12.7. The Morgan fingerprint density at radius 3 is 2.25 bits per heavy atom. The topological polar surface area (TPSA) is 15.3 Å². The molecule has 0 aromatic rings. The number of likely N-dealkylation sites (N-methyl/N-ethyl adjacent to an activating group) is 1. The lowest BCUT2D eigenvalue weighted by Gasteiger charge is -2.32. The third-order valence-corrected chi connectivity index (χ3v) is 3.90. The summed E-state index contributed by atoms with van der Waals surface area (Å²) in [6, 6.07) is 1.33. The van der Waals surface area contributed by atoms with E-state index in [-0.39, 0.29) is 0 Å². The highest BCUT2D eigenvalue weighted by Crippen LogP contribution is 2.09. The summed E-state index contributed by atoms with van der Waals surface area (Å²) in [5.41, 5.74) is 0. The fourth-order valence-corrected chi connectivity index (χ4v) is 2.55. The first-order valence-electron chi connectivity index (χ1n) is 6.44. The Morgan fingerprint density at radius 1 is 1.19 bits per heavy atom. The Morgan fingerprint density at radius 2 is 1.81 bits per heavy atom. The maximum atomic E-state index is 3.57. The third kappa shape index (κ3) is 6.77. The Bertz CT molecular complexity index is 162. The van der Waals surface area contributed by atoms with Crippen LogP contribution in [0, 0.1) is 5.92 Å². The van der Waals surface area contributed by atoms with Crippen LogP contribution in [0.15, 0.2) is 0 Å². The van der Waals surface area contributed by atoms with Gasteiger partial charge in [0.25, 0.3) is 0 Å². The molecule has 0 saturated carbocycles. The second-order valence-electron chi connectivity index (χ2n) is 5.08. The molecule has 2 nitrogen and oxygen atoms in total. The van der Waals surface area contributed by atoms with Crippen LogP contribution in [0.25, 0.3) is 0 Å². The van der Waals surface area contributed by atoms with Crippen LogP contribution in [0.5, 0.6) is 0 Å². The van der Waals surface area contributed by atoms with Crippen molar-refractivity contribution in [2.75, 3.05) is 32.1 Å². The van der Waals surface area contributed by atoms with Gasteiger partial charge in [0, 0.05) is 24.4 Å². The summed E-state index contributed by atoms with van der Waals surface area (Å²) in [7, 11) is 2.26. The second-order valence-corrected chi connectivity index (χ2v) is 5.99. The number of nitrogens with one attached hydrogen (secondary N) is 1. The van der Waals surface area contributed by atoms with Crippen LogP contribution in [-0.4, -0.2) is 49.1 Å². The Balaban J connectivity index is 3.95. The lowest BCUT2D eigenvalue weighted by Crippen LogP contribution is -2.45. The number of rotatable bonds is 9. The molecule has 98 valence electrons. The van der Waals surface area contributed by atoms with E-state index in [0.717, 1.165) is 19.0 Å². The van der Waals surface area contributed by atoms with Gasteiger partial charge in [0.1, 0.15) is 0 Å². The van der Waals surface area contributed by atoms with Gasteiger partial charge in [-0.05, 0) is 39.1 Å². The van der Waals surface area contributed by atoms with E-state index in [1.807, 2.05) is 11.8 Å². The maximum Gasteiger partial charge on any atom is 0.0218 e. The van der Waals surface area contributed by atoms with Crippen molar-refractivity contribution >= 4 is 11.8 Å². The Kier molecular flexibility index (Phi) is 9.47. The minimum Gasteiger partial charge on any atom is -0.315 e. The molecular formula is C13H30N2S. The molecule has 0 fully saturated rings. The number of hydrogen-bond acceptors (Lipinski definition) is 3. The molecule has 0 rings (SSSR count). The van der Waals surface area contributed by atoms with Crippen molar-refractivity contribution in [3.8, 4) is 0 Å². The molecule has 3 heteroatoms. The summed E-state index contributed by atoms with van der Waals surface area (Å²) in [5.74, 6) is 1.96. The van der Waals surface area contributed by atoms with Crippen molar-refractivity contribution in [1.29, 1.82) is 0 Å². The Hall–Kier alpha value is 0.270. The molecule has 0 aliphatic carbocycles. The van der Waals surface area contributed by atoms with Crippen molar-refractivity contribution in [3.63, 3.8) is 0 Å². The molecule has 0 radical (unpaired) electrons.